The summed E-state index contributed by atoms with van der Waals surface area (Å²) in [5.41, 5.74) is 0.441. The van der Waals surface area contributed by atoms with E-state index < -0.39 is 14.9 Å². The summed E-state index contributed by atoms with van der Waals surface area (Å²) in [5, 5.41) is 14.1. The Balaban J connectivity index is 2.11. The lowest BCUT2D eigenvalue weighted by Gasteiger charge is -2.02. The predicted molar refractivity (Wildman–Crippen MR) is 75.2 cm³/mol. The molecule has 1 N–H and O–H groups in total. The Morgan fingerprint density at radius 3 is 2.52 bits per heavy atom. The van der Waals surface area contributed by atoms with Crippen LogP contribution in [0.5, 0.6) is 0 Å². The van der Waals surface area contributed by atoms with Crippen LogP contribution in [-0.2, 0) is 10.0 Å². The van der Waals surface area contributed by atoms with E-state index in [9.17, 15) is 18.5 Å². The lowest BCUT2D eigenvalue weighted by atomic mass is 10.3. The van der Waals surface area contributed by atoms with Crippen LogP contribution < -0.4 is 4.83 Å². The molecule has 0 saturated carbocycles. The molecular weight excluding hydrogens is 296 g/mol. The monoisotopic (exact) mass is 306 g/mol. The van der Waals surface area contributed by atoms with E-state index in [1.54, 1.807) is 18.3 Å². The molecule has 0 aliphatic carbocycles. The summed E-state index contributed by atoms with van der Waals surface area (Å²) in [7, 11) is -3.86. The van der Waals surface area contributed by atoms with E-state index in [1.807, 2.05) is 4.83 Å². The highest BCUT2D eigenvalue weighted by Gasteiger charge is 2.14. The molecule has 21 heavy (non-hydrogen) atoms. The van der Waals surface area contributed by atoms with E-state index in [2.05, 4.69) is 10.1 Å². The Bertz CT molecular complexity index is 758. The molecule has 108 valence electrons. The number of nitro benzene ring substituents is 1. The number of benzene rings is 1. The molecule has 1 heterocycles. The molecule has 0 radical (unpaired) electrons. The molecule has 0 bridgehead atoms. The quantitative estimate of drug-likeness (QED) is 0.508. The van der Waals surface area contributed by atoms with Gasteiger partial charge in [-0.15, -0.1) is 0 Å². The molecule has 0 unspecified atom stereocenters. The highest BCUT2D eigenvalue weighted by Crippen LogP contribution is 2.15. The van der Waals surface area contributed by atoms with Crippen LogP contribution in [0.25, 0.3) is 0 Å². The van der Waals surface area contributed by atoms with Crippen LogP contribution in [0, 0.1) is 10.1 Å². The smallest absolute Gasteiger partial charge is 0.264 e. The highest BCUT2D eigenvalue weighted by molar-refractivity contribution is 7.89. The van der Waals surface area contributed by atoms with Crippen molar-refractivity contribution in [2.45, 2.75) is 4.90 Å². The maximum absolute atomic E-state index is 11.9. The molecule has 9 heteroatoms. The first-order valence-electron chi connectivity index (χ1n) is 5.68. The molecule has 1 aromatic carbocycles. The van der Waals surface area contributed by atoms with Crippen molar-refractivity contribution in [2.75, 3.05) is 0 Å². The SMILES string of the molecule is O=[N+]([O-])c1ccc(S(=O)(=O)N/N=C/c2cccnc2)cc1. The first-order valence-corrected chi connectivity index (χ1v) is 7.17. The summed E-state index contributed by atoms with van der Waals surface area (Å²) in [6.45, 7) is 0. The fourth-order valence-corrected chi connectivity index (χ4v) is 2.21. The fourth-order valence-electron chi connectivity index (χ4n) is 1.42. The number of nitrogens with zero attached hydrogens (tertiary/aromatic N) is 3. The van der Waals surface area contributed by atoms with E-state index in [4.69, 9.17) is 0 Å². The van der Waals surface area contributed by atoms with Crippen molar-refractivity contribution < 1.29 is 13.3 Å². The Hall–Kier alpha value is -2.81. The zero-order valence-corrected chi connectivity index (χ0v) is 11.4. The van der Waals surface area contributed by atoms with E-state index >= 15 is 0 Å². The molecule has 8 nitrogen and oxygen atoms in total. The standard InChI is InChI=1S/C12H10N4O4S/c17-16(18)11-3-5-12(6-4-11)21(19,20)15-14-9-10-2-1-7-13-8-10/h1-9,15H/b14-9+. The minimum atomic E-state index is -3.86. The van der Waals surface area contributed by atoms with E-state index in [0.717, 1.165) is 24.3 Å². The molecular formula is C12H10N4O4S. The Morgan fingerprint density at radius 1 is 1.24 bits per heavy atom. The number of sulfonamides is 1. The fraction of sp³-hybridized carbons (Fsp3) is 0. The number of rotatable bonds is 5. The summed E-state index contributed by atoms with van der Waals surface area (Å²) in [4.78, 5) is 15.6. The first-order chi connectivity index (χ1) is 9.99. The van der Waals surface area contributed by atoms with E-state index in [1.165, 1.54) is 12.4 Å². The van der Waals surface area contributed by atoms with Gasteiger partial charge in [0, 0.05) is 30.1 Å². The van der Waals surface area contributed by atoms with Gasteiger partial charge in [0.25, 0.3) is 15.7 Å². The van der Waals surface area contributed by atoms with Crippen LogP contribution in [0.2, 0.25) is 0 Å². The van der Waals surface area contributed by atoms with Gasteiger partial charge in [0.2, 0.25) is 0 Å². The largest absolute Gasteiger partial charge is 0.276 e. The summed E-state index contributed by atoms with van der Waals surface area (Å²) in [6.07, 6.45) is 4.40. The lowest BCUT2D eigenvalue weighted by molar-refractivity contribution is -0.384. The molecule has 0 aliphatic heterocycles. The second kappa shape index (κ2) is 6.09. The number of hydrogen-bond donors (Lipinski definition) is 1. The van der Waals surface area contributed by atoms with Crippen molar-refractivity contribution in [1.82, 2.24) is 9.82 Å². The van der Waals surface area contributed by atoms with Crippen molar-refractivity contribution in [3.63, 3.8) is 0 Å². The van der Waals surface area contributed by atoms with E-state index in [-0.39, 0.29) is 10.6 Å². The maximum atomic E-state index is 11.9. The normalized spacial score (nSPS) is 11.4. The second-order valence-electron chi connectivity index (χ2n) is 3.89. The second-order valence-corrected chi connectivity index (χ2v) is 5.55. The summed E-state index contributed by atoms with van der Waals surface area (Å²) >= 11 is 0. The third kappa shape index (κ3) is 3.83. The number of aromatic nitrogens is 1. The van der Waals surface area contributed by atoms with Crippen molar-refractivity contribution in [1.29, 1.82) is 0 Å². The predicted octanol–water partition coefficient (Wildman–Crippen LogP) is 1.30. The Labute approximate surface area is 120 Å². The van der Waals surface area contributed by atoms with E-state index in [0.29, 0.717) is 5.56 Å². The van der Waals surface area contributed by atoms with Crippen LogP contribution in [-0.4, -0.2) is 24.5 Å². The van der Waals surface area contributed by atoms with Gasteiger partial charge in [-0.25, -0.2) is 4.83 Å². The number of hydrogen-bond acceptors (Lipinski definition) is 6. The topological polar surface area (TPSA) is 115 Å². The van der Waals surface area contributed by atoms with Gasteiger partial charge in [-0.1, -0.05) is 6.07 Å². The van der Waals surface area contributed by atoms with Gasteiger partial charge in [-0.3, -0.25) is 15.1 Å². The van der Waals surface area contributed by atoms with Crippen molar-refractivity contribution in [3.8, 4) is 0 Å². The molecule has 0 saturated heterocycles. The number of non-ortho nitro benzene ring substituents is 1. The van der Waals surface area contributed by atoms with Gasteiger partial charge in [0.05, 0.1) is 16.0 Å². The highest BCUT2D eigenvalue weighted by atomic mass is 32.2. The molecule has 0 amide bonds. The van der Waals surface area contributed by atoms with Gasteiger partial charge in [0.1, 0.15) is 0 Å². The number of pyridine rings is 1. The van der Waals surface area contributed by atoms with Gasteiger partial charge in [-0.05, 0) is 18.2 Å². The summed E-state index contributed by atoms with van der Waals surface area (Å²) in [6, 6.07) is 7.89. The van der Waals surface area contributed by atoms with Gasteiger partial charge < -0.3 is 0 Å². The molecule has 2 rings (SSSR count). The molecule has 0 aliphatic rings. The van der Waals surface area contributed by atoms with Gasteiger partial charge >= 0.3 is 0 Å². The zero-order chi connectivity index (χ0) is 15.3. The zero-order valence-electron chi connectivity index (χ0n) is 10.6. The van der Waals surface area contributed by atoms with Crippen molar-refractivity contribution >= 4 is 21.9 Å². The van der Waals surface area contributed by atoms with Gasteiger partial charge in [-0.2, -0.15) is 13.5 Å². The Morgan fingerprint density at radius 2 is 1.95 bits per heavy atom. The van der Waals surface area contributed by atoms with Crippen LogP contribution in [0.1, 0.15) is 5.56 Å². The number of hydrazone groups is 1. The minimum Gasteiger partial charge on any atom is -0.264 e. The van der Waals surface area contributed by atoms with Crippen LogP contribution in [0.3, 0.4) is 0 Å². The third-order valence-electron chi connectivity index (χ3n) is 2.43. The summed E-state index contributed by atoms with van der Waals surface area (Å²) < 4.78 is 23.8. The average Bonchev–Trinajstić information content (AvgIpc) is 2.48. The first kappa shape index (κ1) is 14.6. The maximum Gasteiger partial charge on any atom is 0.276 e. The number of nitro groups is 1. The van der Waals surface area contributed by atoms with Crippen molar-refractivity contribution in [3.05, 3.63) is 64.5 Å². The number of nitrogens with one attached hydrogen (secondary N) is 1. The lowest BCUT2D eigenvalue weighted by Crippen LogP contribution is -2.18. The molecule has 2 aromatic rings. The minimum absolute atomic E-state index is 0.114. The summed E-state index contributed by atoms with van der Waals surface area (Å²) in [5.74, 6) is 0. The average molecular weight is 306 g/mol. The van der Waals surface area contributed by atoms with Crippen LogP contribution >= 0.6 is 0 Å². The molecule has 0 spiro atoms. The molecule has 0 fully saturated rings. The van der Waals surface area contributed by atoms with Crippen LogP contribution in [0.15, 0.2) is 58.8 Å². The van der Waals surface area contributed by atoms with Crippen molar-refractivity contribution in [2.24, 2.45) is 5.10 Å². The molecule has 1 aromatic heterocycles. The molecule has 0 atom stereocenters. The Kier molecular flexibility index (Phi) is 4.24. The van der Waals surface area contributed by atoms with Gasteiger partial charge in [0.15, 0.2) is 0 Å². The third-order valence-corrected chi connectivity index (χ3v) is 3.67. The van der Waals surface area contributed by atoms with Crippen LogP contribution in [0.4, 0.5) is 5.69 Å².